The van der Waals surface area contributed by atoms with E-state index in [1.165, 1.54) is 38.5 Å². The summed E-state index contributed by atoms with van der Waals surface area (Å²) < 4.78 is 5.58. The fraction of sp³-hybridized carbons (Fsp3) is 0.900. The van der Waals surface area contributed by atoms with Crippen molar-refractivity contribution in [2.45, 2.75) is 77.2 Å². The molecule has 2 rings (SSSR count). The maximum Gasteiger partial charge on any atom is 0.221 e. The summed E-state index contributed by atoms with van der Waals surface area (Å²) in [4.78, 5) is 16.3. The van der Waals surface area contributed by atoms with E-state index in [0.717, 1.165) is 45.0 Å². The van der Waals surface area contributed by atoms with Gasteiger partial charge in [-0.15, -0.1) is 24.0 Å². The second kappa shape index (κ2) is 13.6. The lowest BCUT2D eigenvalue weighted by Gasteiger charge is -2.30. The first kappa shape index (κ1) is 24.5. The Hall–Kier alpha value is -0.570. The maximum absolute atomic E-state index is 12.0. The van der Waals surface area contributed by atoms with Gasteiger partial charge in [0.2, 0.25) is 5.91 Å². The Balaban J connectivity index is 0.00000364. The molecule has 0 bridgehead atoms. The van der Waals surface area contributed by atoms with Gasteiger partial charge in [0, 0.05) is 45.8 Å². The zero-order valence-corrected chi connectivity index (χ0v) is 19.5. The summed E-state index contributed by atoms with van der Waals surface area (Å²) in [6.07, 6.45) is 11.5. The van der Waals surface area contributed by atoms with E-state index in [1.54, 1.807) is 7.05 Å². The summed E-state index contributed by atoms with van der Waals surface area (Å²) in [5.74, 6) is 0.935. The third kappa shape index (κ3) is 8.98. The van der Waals surface area contributed by atoms with Crippen LogP contribution in [0.2, 0.25) is 0 Å². The molecule has 0 aromatic rings. The molecule has 0 heterocycles. The van der Waals surface area contributed by atoms with Gasteiger partial charge in [-0.1, -0.05) is 25.7 Å². The van der Waals surface area contributed by atoms with E-state index >= 15 is 0 Å². The van der Waals surface area contributed by atoms with E-state index in [9.17, 15) is 4.79 Å². The van der Waals surface area contributed by atoms with Crippen molar-refractivity contribution in [1.29, 1.82) is 0 Å². The van der Waals surface area contributed by atoms with E-state index in [-0.39, 0.29) is 29.9 Å². The van der Waals surface area contributed by atoms with Crippen molar-refractivity contribution in [2.24, 2.45) is 10.4 Å². The van der Waals surface area contributed by atoms with Crippen molar-refractivity contribution in [3.8, 4) is 0 Å². The maximum atomic E-state index is 12.0. The molecule has 0 radical (unpaired) electrons. The molecule has 0 spiro atoms. The number of rotatable bonds is 10. The molecule has 158 valence electrons. The van der Waals surface area contributed by atoms with Gasteiger partial charge in [0.25, 0.3) is 0 Å². The molecule has 2 saturated carbocycles. The van der Waals surface area contributed by atoms with Gasteiger partial charge < -0.3 is 20.7 Å². The van der Waals surface area contributed by atoms with Gasteiger partial charge in [-0.3, -0.25) is 9.79 Å². The number of amides is 1. The normalized spacial score (nSPS) is 19.6. The molecule has 3 N–H and O–H groups in total. The molecule has 2 aliphatic rings. The third-order valence-electron chi connectivity index (χ3n) is 5.86. The van der Waals surface area contributed by atoms with Crippen molar-refractivity contribution in [3.05, 3.63) is 0 Å². The van der Waals surface area contributed by atoms with Crippen LogP contribution in [0.15, 0.2) is 4.99 Å². The van der Waals surface area contributed by atoms with Crippen molar-refractivity contribution >= 4 is 35.8 Å². The molecule has 7 heteroatoms. The number of hydrogen-bond donors (Lipinski definition) is 3. The smallest absolute Gasteiger partial charge is 0.221 e. The van der Waals surface area contributed by atoms with Crippen LogP contribution in [0.4, 0.5) is 0 Å². The first-order valence-corrected chi connectivity index (χ1v) is 10.5. The Morgan fingerprint density at radius 1 is 1.15 bits per heavy atom. The van der Waals surface area contributed by atoms with Gasteiger partial charge in [-0.2, -0.15) is 0 Å². The highest BCUT2D eigenvalue weighted by atomic mass is 127. The Kier molecular flexibility index (Phi) is 12.3. The van der Waals surface area contributed by atoms with Gasteiger partial charge >= 0.3 is 0 Å². The van der Waals surface area contributed by atoms with Crippen molar-refractivity contribution in [1.82, 2.24) is 16.0 Å². The fourth-order valence-electron chi connectivity index (χ4n) is 4.23. The summed E-state index contributed by atoms with van der Waals surface area (Å²) in [5.41, 5.74) is 0.326. The molecule has 2 aliphatic carbocycles. The van der Waals surface area contributed by atoms with Gasteiger partial charge in [-0.05, 0) is 44.4 Å². The molecule has 0 saturated heterocycles. The Bertz CT molecular complexity index is 447. The average molecular weight is 494 g/mol. The predicted octanol–water partition coefficient (Wildman–Crippen LogP) is 3.21. The molecule has 6 nitrogen and oxygen atoms in total. The number of nitrogens with one attached hydrogen (secondary N) is 3. The highest BCUT2D eigenvalue weighted by Gasteiger charge is 2.33. The van der Waals surface area contributed by atoms with Crippen molar-refractivity contribution < 1.29 is 9.53 Å². The quantitative estimate of drug-likeness (QED) is 0.189. The molecule has 27 heavy (non-hydrogen) atoms. The number of aliphatic imine (C=N–C) groups is 1. The summed E-state index contributed by atoms with van der Waals surface area (Å²) >= 11 is 0. The van der Waals surface area contributed by atoms with Crippen LogP contribution in [0, 0.1) is 5.41 Å². The fourth-order valence-corrected chi connectivity index (χ4v) is 4.23. The first-order chi connectivity index (χ1) is 12.7. The average Bonchev–Trinajstić information content (AvgIpc) is 3.31. The minimum absolute atomic E-state index is 0. The van der Waals surface area contributed by atoms with E-state index in [4.69, 9.17) is 4.74 Å². The Labute approximate surface area is 182 Å². The number of carbonyl (C=O) groups excluding carboxylic acids is 1. The molecule has 1 amide bonds. The zero-order chi connectivity index (χ0) is 18.7. The summed E-state index contributed by atoms with van der Waals surface area (Å²) in [5, 5.41) is 9.89. The van der Waals surface area contributed by atoms with Crippen LogP contribution in [-0.4, -0.2) is 51.3 Å². The standard InChI is InChI=1S/C20H38N4O2.HI/c1-3-26-15-13-20(11-6-7-12-20)16-23-19(21-2)22-14-10-18(25)24-17-8-4-5-9-17;/h17H,3-16H2,1-2H3,(H,24,25)(H2,21,22,23);1H. The van der Waals surface area contributed by atoms with Gasteiger partial charge in [-0.25, -0.2) is 0 Å². The van der Waals surface area contributed by atoms with E-state index in [0.29, 0.717) is 24.4 Å². The SMILES string of the molecule is CCOCCC1(CNC(=NC)NCCC(=O)NC2CCCC2)CCCC1.I. The lowest BCUT2D eigenvalue weighted by atomic mass is 9.83. The van der Waals surface area contributed by atoms with Crippen LogP contribution < -0.4 is 16.0 Å². The predicted molar refractivity (Wildman–Crippen MR) is 122 cm³/mol. The van der Waals surface area contributed by atoms with Gasteiger partial charge in [0.1, 0.15) is 0 Å². The minimum atomic E-state index is 0. The number of guanidine groups is 1. The molecule has 0 aromatic carbocycles. The lowest BCUT2D eigenvalue weighted by molar-refractivity contribution is -0.121. The summed E-state index contributed by atoms with van der Waals surface area (Å²) in [6.45, 7) is 5.22. The Morgan fingerprint density at radius 3 is 2.48 bits per heavy atom. The highest BCUT2D eigenvalue weighted by Crippen LogP contribution is 2.40. The number of halogens is 1. The lowest BCUT2D eigenvalue weighted by Crippen LogP contribution is -2.44. The van der Waals surface area contributed by atoms with Crippen LogP contribution in [-0.2, 0) is 9.53 Å². The summed E-state index contributed by atoms with van der Waals surface area (Å²) in [7, 11) is 1.79. The number of ether oxygens (including phenoxy) is 1. The van der Waals surface area contributed by atoms with Crippen LogP contribution in [0.3, 0.4) is 0 Å². The third-order valence-corrected chi connectivity index (χ3v) is 5.86. The van der Waals surface area contributed by atoms with Crippen LogP contribution in [0.1, 0.15) is 71.1 Å². The zero-order valence-electron chi connectivity index (χ0n) is 17.1. The second-order valence-electron chi connectivity index (χ2n) is 7.81. The monoisotopic (exact) mass is 494 g/mol. The molecule has 2 fully saturated rings. The van der Waals surface area contributed by atoms with Crippen molar-refractivity contribution in [2.75, 3.05) is 33.4 Å². The number of hydrogen-bond acceptors (Lipinski definition) is 3. The topological polar surface area (TPSA) is 74.8 Å². The summed E-state index contributed by atoms with van der Waals surface area (Å²) in [6, 6.07) is 0.396. The number of carbonyl (C=O) groups is 1. The molecular formula is C20H39IN4O2. The van der Waals surface area contributed by atoms with E-state index in [2.05, 4.69) is 20.9 Å². The van der Waals surface area contributed by atoms with Crippen LogP contribution >= 0.6 is 24.0 Å². The number of nitrogens with zero attached hydrogens (tertiary/aromatic N) is 1. The van der Waals surface area contributed by atoms with E-state index < -0.39 is 0 Å². The molecule has 0 aliphatic heterocycles. The largest absolute Gasteiger partial charge is 0.382 e. The minimum Gasteiger partial charge on any atom is -0.382 e. The van der Waals surface area contributed by atoms with Gasteiger partial charge in [0.05, 0.1) is 0 Å². The second-order valence-corrected chi connectivity index (χ2v) is 7.81. The Morgan fingerprint density at radius 2 is 1.85 bits per heavy atom. The highest BCUT2D eigenvalue weighted by molar-refractivity contribution is 14.0. The molecule has 0 aromatic heterocycles. The van der Waals surface area contributed by atoms with Crippen LogP contribution in [0.5, 0.6) is 0 Å². The molecular weight excluding hydrogens is 455 g/mol. The first-order valence-electron chi connectivity index (χ1n) is 10.5. The van der Waals surface area contributed by atoms with Crippen molar-refractivity contribution in [3.63, 3.8) is 0 Å². The van der Waals surface area contributed by atoms with Gasteiger partial charge in [0.15, 0.2) is 5.96 Å². The van der Waals surface area contributed by atoms with E-state index in [1.807, 2.05) is 6.92 Å². The molecule has 0 unspecified atom stereocenters. The van der Waals surface area contributed by atoms with Crippen LogP contribution in [0.25, 0.3) is 0 Å². The molecule has 0 atom stereocenters.